The molecule has 1 saturated heterocycles. The lowest BCUT2D eigenvalue weighted by Crippen LogP contribution is -2.30. The van der Waals surface area contributed by atoms with Gasteiger partial charge in [0.1, 0.15) is 5.82 Å². The van der Waals surface area contributed by atoms with E-state index in [0.717, 1.165) is 24.1 Å². The highest BCUT2D eigenvalue weighted by molar-refractivity contribution is 5.94. The van der Waals surface area contributed by atoms with E-state index in [1.807, 2.05) is 35.2 Å². The van der Waals surface area contributed by atoms with E-state index in [1.165, 1.54) is 12.1 Å². The predicted molar refractivity (Wildman–Crippen MR) is 93.0 cm³/mol. The number of amides is 1. The highest BCUT2D eigenvalue weighted by atomic mass is 19.1. The summed E-state index contributed by atoms with van der Waals surface area (Å²) >= 11 is 0. The van der Waals surface area contributed by atoms with Crippen molar-refractivity contribution in [1.82, 2.24) is 14.7 Å². The van der Waals surface area contributed by atoms with Crippen molar-refractivity contribution in [2.75, 3.05) is 6.54 Å². The van der Waals surface area contributed by atoms with Crippen molar-refractivity contribution < 1.29 is 9.18 Å². The Morgan fingerprint density at radius 1 is 1.08 bits per heavy atom. The Labute approximate surface area is 145 Å². The molecule has 1 aliphatic heterocycles. The number of benzene rings is 2. The van der Waals surface area contributed by atoms with Crippen LogP contribution in [0.25, 0.3) is 5.69 Å². The van der Waals surface area contributed by atoms with Crippen LogP contribution in [-0.4, -0.2) is 27.1 Å². The van der Waals surface area contributed by atoms with Crippen LogP contribution in [0.3, 0.4) is 0 Å². The van der Waals surface area contributed by atoms with E-state index in [9.17, 15) is 9.18 Å². The Morgan fingerprint density at radius 3 is 2.60 bits per heavy atom. The van der Waals surface area contributed by atoms with Crippen LogP contribution in [0.15, 0.2) is 67.0 Å². The summed E-state index contributed by atoms with van der Waals surface area (Å²) in [5, 5.41) is 4.31. The maximum absolute atomic E-state index is 13.2. The lowest BCUT2D eigenvalue weighted by atomic mass is 10.0. The van der Waals surface area contributed by atoms with Gasteiger partial charge in [-0.2, -0.15) is 5.10 Å². The summed E-state index contributed by atoms with van der Waals surface area (Å²) in [6, 6.07) is 16.1. The van der Waals surface area contributed by atoms with E-state index in [2.05, 4.69) is 5.10 Å². The smallest absolute Gasteiger partial charge is 0.257 e. The van der Waals surface area contributed by atoms with Gasteiger partial charge in [-0.05, 0) is 42.7 Å². The number of hydrogen-bond donors (Lipinski definition) is 0. The van der Waals surface area contributed by atoms with Crippen molar-refractivity contribution in [2.45, 2.75) is 18.9 Å². The molecule has 2 aromatic carbocycles. The van der Waals surface area contributed by atoms with Gasteiger partial charge in [0.05, 0.1) is 23.5 Å². The van der Waals surface area contributed by atoms with Crippen LogP contribution in [0.4, 0.5) is 4.39 Å². The van der Waals surface area contributed by atoms with Gasteiger partial charge in [-0.25, -0.2) is 9.07 Å². The van der Waals surface area contributed by atoms with E-state index in [-0.39, 0.29) is 17.8 Å². The topological polar surface area (TPSA) is 38.1 Å². The van der Waals surface area contributed by atoms with Crippen LogP contribution in [0.2, 0.25) is 0 Å². The Kier molecular flexibility index (Phi) is 4.06. The fourth-order valence-electron chi connectivity index (χ4n) is 3.36. The minimum atomic E-state index is -0.260. The van der Waals surface area contributed by atoms with Crippen molar-refractivity contribution in [3.05, 3.63) is 83.9 Å². The van der Waals surface area contributed by atoms with Gasteiger partial charge in [-0.1, -0.05) is 30.3 Å². The fourth-order valence-corrected chi connectivity index (χ4v) is 3.36. The molecule has 4 nitrogen and oxygen atoms in total. The van der Waals surface area contributed by atoms with E-state index in [0.29, 0.717) is 12.1 Å². The molecule has 0 N–H and O–H groups in total. The van der Waals surface area contributed by atoms with Gasteiger partial charge in [0, 0.05) is 12.7 Å². The summed E-state index contributed by atoms with van der Waals surface area (Å²) in [5.74, 6) is -0.294. The first-order valence-corrected chi connectivity index (χ1v) is 8.39. The third-order valence-corrected chi connectivity index (χ3v) is 4.62. The monoisotopic (exact) mass is 335 g/mol. The largest absolute Gasteiger partial charge is 0.332 e. The lowest BCUT2D eigenvalue weighted by Gasteiger charge is -2.24. The highest BCUT2D eigenvalue weighted by Gasteiger charge is 2.31. The Morgan fingerprint density at radius 2 is 1.84 bits per heavy atom. The van der Waals surface area contributed by atoms with E-state index in [4.69, 9.17) is 0 Å². The highest BCUT2D eigenvalue weighted by Crippen LogP contribution is 2.33. The molecule has 5 heteroatoms. The quantitative estimate of drug-likeness (QED) is 0.726. The summed E-state index contributed by atoms with van der Waals surface area (Å²) < 4.78 is 14.9. The number of para-hydroxylation sites is 1. The minimum Gasteiger partial charge on any atom is -0.332 e. The van der Waals surface area contributed by atoms with Crippen LogP contribution in [-0.2, 0) is 0 Å². The van der Waals surface area contributed by atoms with Crippen LogP contribution in [0, 0.1) is 5.82 Å². The molecule has 0 bridgehead atoms. The summed E-state index contributed by atoms with van der Waals surface area (Å²) in [7, 11) is 0. The molecular weight excluding hydrogens is 317 g/mol. The zero-order chi connectivity index (χ0) is 17.2. The molecule has 2 heterocycles. The first-order chi connectivity index (χ1) is 12.2. The molecule has 25 heavy (non-hydrogen) atoms. The summed E-state index contributed by atoms with van der Waals surface area (Å²) in [4.78, 5) is 14.8. The molecule has 1 unspecified atom stereocenters. The molecule has 0 saturated carbocycles. The fraction of sp³-hybridized carbons (Fsp3) is 0.200. The first-order valence-electron chi connectivity index (χ1n) is 8.39. The number of rotatable bonds is 3. The van der Waals surface area contributed by atoms with Gasteiger partial charge in [0.2, 0.25) is 0 Å². The zero-order valence-corrected chi connectivity index (χ0v) is 13.7. The lowest BCUT2D eigenvalue weighted by molar-refractivity contribution is 0.0735. The summed E-state index contributed by atoms with van der Waals surface area (Å²) in [6.45, 7) is 0.706. The number of hydrogen-bond acceptors (Lipinski definition) is 2. The SMILES string of the molecule is O=C(c1cnn(-c2ccccc2)c1)N1CCCC1c1ccc(F)cc1. The molecule has 1 fully saturated rings. The Bertz CT molecular complexity index is 873. The molecule has 4 rings (SSSR count). The molecule has 0 aliphatic carbocycles. The first kappa shape index (κ1) is 15.6. The molecule has 126 valence electrons. The normalized spacial score (nSPS) is 17.0. The van der Waals surface area contributed by atoms with E-state index >= 15 is 0 Å². The van der Waals surface area contributed by atoms with Crippen LogP contribution in [0.1, 0.15) is 34.8 Å². The maximum atomic E-state index is 13.2. The van der Waals surface area contributed by atoms with Crippen LogP contribution in [0.5, 0.6) is 0 Å². The van der Waals surface area contributed by atoms with Gasteiger partial charge in [0.15, 0.2) is 0 Å². The second kappa shape index (κ2) is 6.51. The second-order valence-corrected chi connectivity index (χ2v) is 6.22. The average Bonchev–Trinajstić information content (AvgIpc) is 3.32. The number of likely N-dealkylation sites (tertiary alicyclic amines) is 1. The van der Waals surface area contributed by atoms with Crippen molar-refractivity contribution >= 4 is 5.91 Å². The third kappa shape index (κ3) is 3.05. The summed E-state index contributed by atoms with van der Waals surface area (Å²) in [5.41, 5.74) is 2.46. The minimum absolute atomic E-state index is 0.00632. The molecule has 3 aromatic rings. The van der Waals surface area contributed by atoms with Gasteiger partial charge >= 0.3 is 0 Å². The second-order valence-electron chi connectivity index (χ2n) is 6.22. The third-order valence-electron chi connectivity index (χ3n) is 4.62. The van der Waals surface area contributed by atoms with Crippen molar-refractivity contribution in [3.8, 4) is 5.69 Å². The van der Waals surface area contributed by atoms with E-state index in [1.54, 1.807) is 29.2 Å². The number of aromatic nitrogens is 2. The molecule has 1 amide bonds. The molecule has 0 radical (unpaired) electrons. The van der Waals surface area contributed by atoms with Crippen molar-refractivity contribution in [2.24, 2.45) is 0 Å². The molecule has 0 spiro atoms. The predicted octanol–water partition coefficient (Wildman–Crippen LogP) is 3.99. The van der Waals surface area contributed by atoms with Gasteiger partial charge in [0.25, 0.3) is 5.91 Å². The number of carbonyl (C=O) groups is 1. The van der Waals surface area contributed by atoms with Gasteiger partial charge in [-0.3, -0.25) is 4.79 Å². The Balaban J connectivity index is 1.58. The Hall–Kier alpha value is -2.95. The van der Waals surface area contributed by atoms with Crippen molar-refractivity contribution in [3.63, 3.8) is 0 Å². The average molecular weight is 335 g/mol. The van der Waals surface area contributed by atoms with Gasteiger partial charge in [-0.15, -0.1) is 0 Å². The molecular formula is C20H18FN3O. The van der Waals surface area contributed by atoms with Crippen molar-refractivity contribution in [1.29, 1.82) is 0 Å². The maximum Gasteiger partial charge on any atom is 0.257 e. The van der Waals surface area contributed by atoms with Gasteiger partial charge < -0.3 is 4.90 Å². The number of halogens is 1. The van der Waals surface area contributed by atoms with E-state index < -0.39 is 0 Å². The number of carbonyl (C=O) groups excluding carboxylic acids is 1. The number of nitrogens with zero attached hydrogens (tertiary/aromatic N) is 3. The molecule has 1 atom stereocenters. The summed E-state index contributed by atoms with van der Waals surface area (Å²) in [6.07, 6.45) is 5.21. The van der Waals surface area contributed by atoms with Crippen LogP contribution >= 0.6 is 0 Å². The van der Waals surface area contributed by atoms with Crippen LogP contribution < -0.4 is 0 Å². The molecule has 1 aromatic heterocycles. The standard InChI is InChI=1S/C20H18FN3O/c21-17-10-8-15(9-11-17)19-7-4-12-23(19)20(25)16-13-22-24(14-16)18-5-2-1-3-6-18/h1-3,5-6,8-11,13-14,19H,4,7,12H2. The zero-order valence-electron chi connectivity index (χ0n) is 13.7. The molecule has 1 aliphatic rings.